The van der Waals surface area contributed by atoms with Crippen molar-refractivity contribution in [1.29, 1.82) is 0 Å². The van der Waals surface area contributed by atoms with E-state index in [1.165, 1.54) is 18.3 Å². The summed E-state index contributed by atoms with van der Waals surface area (Å²) < 4.78 is 1.70. The number of aromatic nitrogens is 3. The van der Waals surface area contributed by atoms with Crippen molar-refractivity contribution in [2.24, 2.45) is 5.73 Å². The highest BCUT2D eigenvalue weighted by Gasteiger charge is 2.20. The number of rotatable bonds is 4. The molecule has 0 aliphatic heterocycles. The molecule has 0 bridgehead atoms. The maximum absolute atomic E-state index is 12.7. The summed E-state index contributed by atoms with van der Waals surface area (Å²) in [4.78, 5) is 28.3. The monoisotopic (exact) mass is 405 g/mol. The van der Waals surface area contributed by atoms with E-state index >= 15 is 0 Å². The van der Waals surface area contributed by atoms with Gasteiger partial charge in [0.2, 0.25) is 5.91 Å². The zero-order chi connectivity index (χ0) is 20.5. The van der Waals surface area contributed by atoms with Gasteiger partial charge in [0.15, 0.2) is 5.65 Å². The van der Waals surface area contributed by atoms with E-state index in [1.54, 1.807) is 16.8 Å². The minimum absolute atomic E-state index is 0.230. The third-order valence-electron chi connectivity index (χ3n) is 4.48. The Kier molecular flexibility index (Phi) is 4.74. The largest absolute Gasteiger partial charge is 0.366 e. The molecule has 2 aromatic carbocycles. The first-order valence-corrected chi connectivity index (χ1v) is 9.14. The van der Waals surface area contributed by atoms with Crippen molar-refractivity contribution in [2.75, 3.05) is 5.32 Å². The highest BCUT2D eigenvalue weighted by molar-refractivity contribution is 6.39. The lowest BCUT2D eigenvalue weighted by atomic mass is 10.1. The minimum Gasteiger partial charge on any atom is -0.366 e. The van der Waals surface area contributed by atoms with Crippen molar-refractivity contribution < 1.29 is 9.59 Å². The maximum atomic E-state index is 12.7. The standard InChI is InChI=1S/C21H16ClN5O2/c1-12-17-18(22)16(21(29)25-14-9-7-13(8-10-14)19(23)28)11-24-20(17)27(26-12)15-5-3-2-4-6-15/h2-11H,1H3,(H2,23,28)(H,25,29). The number of carbonyl (C=O) groups is 2. The molecule has 0 aliphatic carbocycles. The number of amides is 2. The van der Waals surface area contributed by atoms with Gasteiger partial charge in [-0.3, -0.25) is 9.59 Å². The Bertz CT molecular complexity index is 1230. The van der Waals surface area contributed by atoms with E-state index in [9.17, 15) is 9.59 Å². The Morgan fingerprint density at radius 1 is 1.07 bits per heavy atom. The molecule has 0 radical (unpaired) electrons. The highest BCUT2D eigenvalue weighted by atomic mass is 35.5. The lowest BCUT2D eigenvalue weighted by Gasteiger charge is -2.08. The molecule has 0 saturated carbocycles. The van der Waals surface area contributed by atoms with Gasteiger partial charge in [-0.25, -0.2) is 9.67 Å². The van der Waals surface area contributed by atoms with Crippen LogP contribution in [0.1, 0.15) is 26.4 Å². The molecule has 7 nitrogen and oxygen atoms in total. The number of nitrogens with one attached hydrogen (secondary N) is 1. The number of nitrogens with zero attached hydrogens (tertiary/aromatic N) is 3. The molecule has 3 N–H and O–H groups in total. The first-order chi connectivity index (χ1) is 14.0. The van der Waals surface area contributed by atoms with E-state index in [0.717, 1.165) is 5.69 Å². The molecule has 144 valence electrons. The number of pyridine rings is 1. The Labute approximate surface area is 171 Å². The topological polar surface area (TPSA) is 103 Å². The van der Waals surface area contributed by atoms with Crippen molar-refractivity contribution in [3.8, 4) is 5.69 Å². The van der Waals surface area contributed by atoms with Gasteiger partial charge in [-0.2, -0.15) is 5.10 Å². The van der Waals surface area contributed by atoms with Gasteiger partial charge in [-0.1, -0.05) is 29.8 Å². The van der Waals surface area contributed by atoms with Gasteiger partial charge in [0.25, 0.3) is 5.91 Å². The third-order valence-corrected chi connectivity index (χ3v) is 4.87. The average molecular weight is 406 g/mol. The van der Waals surface area contributed by atoms with Crippen molar-refractivity contribution in [3.63, 3.8) is 0 Å². The second kappa shape index (κ2) is 7.37. The van der Waals surface area contributed by atoms with E-state index < -0.39 is 11.8 Å². The molecule has 2 aromatic heterocycles. The normalized spacial score (nSPS) is 10.8. The van der Waals surface area contributed by atoms with Crippen molar-refractivity contribution in [3.05, 3.63) is 82.6 Å². The van der Waals surface area contributed by atoms with Gasteiger partial charge in [-0.05, 0) is 43.3 Å². The van der Waals surface area contributed by atoms with Gasteiger partial charge in [0.05, 0.1) is 27.4 Å². The SMILES string of the molecule is Cc1nn(-c2ccccc2)c2ncc(C(=O)Nc3ccc(C(N)=O)cc3)c(Cl)c12. The Morgan fingerprint density at radius 2 is 1.76 bits per heavy atom. The fourth-order valence-electron chi connectivity index (χ4n) is 3.03. The number of benzene rings is 2. The molecule has 0 unspecified atom stereocenters. The van der Waals surface area contributed by atoms with Crippen LogP contribution >= 0.6 is 11.6 Å². The number of primary amides is 1. The lowest BCUT2D eigenvalue weighted by molar-refractivity contribution is 0.0998. The molecule has 2 amide bonds. The second-order valence-corrected chi connectivity index (χ2v) is 6.79. The number of hydrogen-bond donors (Lipinski definition) is 2. The Hall–Kier alpha value is -3.71. The number of aryl methyl sites for hydroxylation is 1. The van der Waals surface area contributed by atoms with Crippen LogP contribution in [0.25, 0.3) is 16.7 Å². The van der Waals surface area contributed by atoms with E-state index in [-0.39, 0.29) is 10.6 Å². The summed E-state index contributed by atoms with van der Waals surface area (Å²) in [5.41, 5.74) is 8.41. The quantitative estimate of drug-likeness (QED) is 0.539. The van der Waals surface area contributed by atoms with Crippen LogP contribution in [-0.4, -0.2) is 26.6 Å². The molecule has 4 aromatic rings. The minimum atomic E-state index is -0.536. The summed E-state index contributed by atoms with van der Waals surface area (Å²) in [5, 5.41) is 8.17. The number of hydrogen-bond acceptors (Lipinski definition) is 4. The van der Waals surface area contributed by atoms with E-state index in [0.29, 0.717) is 28.0 Å². The maximum Gasteiger partial charge on any atom is 0.258 e. The first-order valence-electron chi connectivity index (χ1n) is 8.76. The predicted octanol–water partition coefficient (Wildman–Crippen LogP) is 3.73. The number of halogens is 1. The van der Waals surface area contributed by atoms with Crippen LogP contribution in [0, 0.1) is 6.92 Å². The smallest absolute Gasteiger partial charge is 0.258 e. The van der Waals surface area contributed by atoms with Crippen LogP contribution in [0.15, 0.2) is 60.8 Å². The highest BCUT2D eigenvalue weighted by Crippen LogP contribution is 2.30. The average Bonchev–Trinajstić information content (AvgIpc) is 3.06. The number of fused-ring (bicyclic) bond motifs is 1. The van der Waals surface area contributed by atoms with Gasteiger partial charge in [-0.15, -0.1) is 0 Å². The van der Waals surface area contributed by atoms with E-state index in [1.807, 2.05) is 37.3 Å². The van der Waals surface area contributed by atoms with Gasteiger partial charge in [0, 0.05) is 17.4 Å². The van der Waals surface area contributed by atoms with Gasteiger partial charge in [0.1, 0.15) is 0 Å². The Morgan fingerprint density at radius 3 is 2.41 bits per heavy atom. The molecule has 4 rings (SSSR count). The van der Waals surface area contributed by atoms with E-state index in [4.69, 9.17) is 17.3 Å². The Balaban J connectivity index is 1.69. The van der Waals surface area contributed by atoms with Crippen molar-refractivity contribution >= 4 is 40.1 Å². The van der Waals surface area contributed by atoms with Gasteiger partial charge >= 0.3 is 0 Å². The molecule has 8 heteroatoms. The van der Waals surface area contributed by atoms with Crippen LogP contribution in [0.2, 0.25) is 5.02 Å². The molecule has 0 spiro atoms. The van der Waals surface area contributed by atoms with E-state index in [2.05, 4.69) is 15.4 Å². The number of anilines is 1. The molecule has 29 heavy (non-hydrogen) atoms. The summed E-state index contributed by atoms with van der Waals surface area (Å²) in [5.74, 6) is -0.949. The van der Waals surface area contributed by atoms with Crippen molar-refractivity contribution in [1.82, 2.24) is 14.8 Å². The summed E-state index contributed by atoms with van der Waals surface area (Å²) in [6.45, 7) is 1.82. The number of para-hydroxylation sites is 1. The fourth-order valence-corrected chi connectivity index (χ4v) is 3.39. The van der Waals surface area contributed by atoms with Gasteiger partial charge < -0.3 is 11.1 Å². The molecule has 0 aliphatic rings. The predicted molar refractivity (Wildman–Crippen MR) is 112 cm³/mol. The molecule has 0 atom stereocenters. The first kappa shape index (κ1) is 18.6. The molecule has 2 heterocycles. The summed E-state index contributed by atoms with van der Waals surface area (Å²) >= 11 is 6.56. The molecular formula is C21H16ClN5O2. The van der Waals surface area contributed by atoms with Crippen LogP contribution < -0.4 is 11.1 Å². The lowest BCUT2D eigenvalue weighted by Crippen LogP contribution is -2.14. The van der Waals surface area contributed by atoms with Crippen LogP contribution in [0.4, 0.5) is 5.69 Å². The summed E-state index contributed by atoms with van der Waals surface area (Å²) in [6, 6.07) is 15.8. The second-order valence-electron chi connectivity index (χ2n) is 6.41. The summed E-state index contributed by atoms with van der Waals surface area (Å²) in [7, 11) is 0. The summed E-state index contributed by atoms with van der Waals surface area (Å²) in [6.07, 6.45) is 1.43. The van der Waals surface area contributed by atoms with Crippen LogP contribution in [0.3, 0.4) is 0 Å². The number of carbonyl (C=O) groups excluding carboxylic acids is 2. The number of nitrogens with two attached hydrogens (primary N) is 1. The molecule has 0 fully saturated rings. The van der Waals surface area contributed by atoms with Crippen LogP contribution in [0.5, 0.6) is 0 Å². The molecule has 0 saturated heterocycles. The third kappa shape index (κ3) is 3.43. The van der Waals surface area contributed by atoms with Crippen LogP contribution in [-0.2, 0) is 0 Å². The molecular weight excluding hydrogens is 390 g/mol. The van der Waals surface area contributed by atoms with Crippen molar-refractivity contribution in [2.45, 2.75) is 6.92 Å². The fraction of sp³-hybridized carbons (Fsp3) is 0.0476. The zero-order valence-electron chi connectivity index (χ0n) is 15.4. The zero-order valence-corrected chi connectivity index (χ0v) is 16.1.